The maximum absolute atomic E-state index is 15.9. The lowest BCUT2D eigenvalue weighted by molar-refractivity contribution is -0.409. The van der Waals surface area contributed by atoms with Gasteiger partial charge in [-0.05, 0) is 41.0 Å². The summed E-state index contributed by atoms with van der Waals surface area (Å²) in [5.74, 6) is -9.16. The molecule has 0 saturated carbocycles. The van der Waals surface area contributed by atoms with Gasteiger partial charge in [-0.1, -0.05) is 0 Å². The van der Waals surface area contributed by atoms with Crippen LogP contribution < -0.4 is 29.0 Å². The van der Waals surface area contributed by atoms with Crippen LogP contribution in [0.3, 0.4) is 0 Å². The molecule has 3 aliphatic heterocycles. The Kier molecular flexibility index (Phi) is 8.42. The summed E-state index contributed by atoms with van der Waals surface area (Å²) in [4.78, 5) is 13.4. The molecule has 2 fully saturated rings. The number of benzene rings is 2. The number of carbonyl (C=O) groups is 1. The van der Waals surface area contributed by atoms with Crippen molar-refractivity contribution in [2.24, 2.45) is 11.8 Å². The first-order chi connectivity index (χ1) is 21.9. The van der Waals surface area contributed by atoms with Crippen LogP contribution in [0.4, 0.5) is 8.78 Å². The molecule has 0 amide bonds. The molecule has 2 aromatic carbocycles. The molecule has 1 aliphatic carbocycles. The van der Waals surface area contributed by atoms with Gasteiger partial charge < -0.3 is 64.0 Å². The molecule has 9 atom stereocenters. The highest BCUT2D eigenvalue weighted by molar-refractivity contribution is 5.79. The van der Waals surface area contributed by atoms with E-state index in [2.05, 4.69) is 5.32 Å². The van der Waals surface area contributed by atoms with Gasteiger partial charge in [0.1, 0.15) is 24.4 Å². The van der Waals surface area contributed by atoms with Crippen LogP contribution in [0.1, 0.15) is 28.7 Å². The second kappa shape index (κ2) is 11.9. The SMILES string of the molecule is COc1cc([C@@H]2c3cc4c(cc3[C@@H](NCC(F)(F)C3(O)O[C@H](CO)[C@@H](O)[C@H](O)[C@H]3O)[C@H]3COC(=O)[C@H]23)OCO4)cc(OC)c1OC. The summed E-state index contributed by atoms with van der Waals surface area (Å²) in [5.41, 5.74) is 1.59. The van der Waals surface area contributed by atoms with E-state index in [1.807, 2.05) is 0 Å². The Bertz CT molecular complexity index is 1470. The Morgan fingerprint density at radius 2 is 1.59 bits per heavy atom. The van der Waals surface area contributed by atoms with E-state index in [1.165, 1.54) is 21.3 Å². The fourth-order valence-corrected chi connectivity index (χ4v) is 6.93. The largest absolute Gasteiger partial charge is 0.493 e. The number of rotatable bonds is 9. The monoisotopic (exact) mass is 655 g/mol. The van der Waals surface area contributed by atoms with Crippen LogP contribution in [0, 0.1) is 11.8 Å². The lowest BCUT2D eigenvalue weighted by atomic mass is 9.65. The lowest BCUT2D eigenvalue weighted by Crippen LogP contribution is -2.72. The van der Waals surface area contributed by atoms with Gasteiger partial charge in [0, 0.05) is 17.9 Å². The molecule has 4 aliphatic rings. The fourth-order valence-electron chi connectivity index (χ4n) is 6.93. The Labute approximate surface area is 261 Å². The quantitative estimate of drug-likeness (QED) is 0.195. The summed E-state index contributed by atoms with van der Waals surface area (Å²) in [7, 11) is 4.35. The molecule has 6 N–H and O–H groups in total. The Hall–Kier alpha value is -3.51. The predicted molar refractivity (Wildman–Crippen MR) is 149 cm³/mol. The summed E-state index contributed by atoms with van der Waals surface area (Å²) in [6, 6.07) is 5.70. The summed E-state index contributed by atoms with van der Waals surface area (Å²) in [6.07, 6.45) is -8.63. The number of esters is 1. The molecule has 3 heterocycles. The van der Waals surface area contributed by atoms with Crippen LogP contribution in [0.15, 0.2) is 24.3 Å². The van der Waals surface area contributed by atoms with Gasteiger partial charge in [0.25, 0.3) is 5.79 Å². The van der Waals surface area contributed by atoms with Crippen molar-refractivity contribution >= 4 is 5.97 Å². The minimum Gasteiger partial charge on any atom is -0.493 e. The number of halogens is 2. The summed E-state index contributed by atoms with van der Waals surface area (Å²) in [5, 5.41) is 53.7. The average molecular weight is 656 g/mol. The topological polar surface area (TPSA) is 195 Å². The van der Waals surface area contributed by atoms with Gasteiger partial charge in [0.2, 0.25) is 12.5 Å². The van der Waals surface area contributed by atoms with E-state index in [0.29, 0.717) is 45.4 Å². The number of fused-ring (bicyclic) bond motifs is 3. The van der Waals surface area contributed by atoms with Gasteiger partial charge in [0.05, 0.1) is 47.0 Å². The number of hydrogen-bond acceptors (Lipinski definition) is 14. The molecule has 2 saturated heterocycles. The van der Waals surface area contributed by atoms with E-state index < -0.39 is 79.0 Å². The normalized spacial score (nSPS) is 33.2. The third kappa shape index (κ3) is 4.90. The molecule has 16 heteroatoms. The zero-order valence-corrected chi connectivity index (χ0v) is 25.0. The molecule has 0 bridgehead atoms. The highest BCUT2D eigenvalue weighted by atomic mass is 19.3. The lowest BCUT2D eigenvalue weighted by Gasteiger charge is -2.48. The second-order valence-corrected chi connectivity index (χ2v) is 11.6. The Morgan fingerprint density at radius 1 is 0.957 bits per heavy atom. The van der Waals surface area contributed by atoms with Crippen molar-refractivity contribution in [1.82, 2.24) is 5.32 Å². The number of alkyl halides is 2. The smallest absolute Gasteiger partial charge is 0.315 e. The van der Waals surface area contributed by atoms with Gasteiger partial charge >= 0.3 is 11.9 Å². The summed E-state index contributed by atoms with van der Waals surface area (Å²) >= 11 is 0. The number of cyclic esters (lactones) is 1. The molecule has 6 rings (SSSR count). The first kappa shape index (κ1) is 32.4. The molecule has 1 unspecified atom stereocenters. The predicted octanol–water partition coefficient (Wildman–Crippen LogP) is -0.196. The van der Waals surface area contributed by atoms with Gasteiger partial charge in [-0.25, -0.2) is 0 Å². The van der Waals surface area contributed by atoms with E-state index >= 15 is 8.78 Å². The molecule has 252 valence electrons. The van der Waals surface area contributed by atoms with Crippen molar-refractivity contribution in [2.45, 2.75) is 48.1 Å². The van der Waals surface area contributed by atoms with Crippen LogP contribution in [0.25, 0.3) is 0 Å². The molecule has 2 aromatic rings. The zero-order valence-electron chi connectivity index (χ0n) is 25.0. The molecular formula is C30H35F2NO13. The number of aliphatic hydroxyl groups excluding tert-OH is 4. The Balaban J connectivity index is 1.42. The van der Waals surface area contributed by atoms with Crippen molar-refractivity contribution in [1.29, 1.82) is 0 Å². The number of aliphatic hydroxyl groups is 5. The highest BCUT2D eigenvalue weighted by Gasteiger charge is 2.66. The Morgan fingerprint density at radius 3 is 2.17 bits per heavy atom. The summed E-state index contributed by atoms with van der Waals surface area (Å²) < 4.78 is 69.8. The number of methoxy groups -OCH3 is 3. The molecule has 14 nitrogen and oxygen atoms in total. The molecular weight excluding hydrogens is 620 g/mol. The van der Waals surface area contributed by atoms with E-state index in [1.54, 1.807) is 24.3 Å². The first-order valence-corrected chi connectivity index (χ1v) is 14.5. The zero-order chi connectivity index (χ0) is 33.1. The van der Waals surface area contributed by atoms with Crippen LogP contribution >= 0.6 is 0 Å². The van der Waals surface area contributed by atoms with Crippen LogP contribution in [-0.2, 0) is 14.3 Å². The maximum atomic E-state index is 15.9. The van der Waals surface area contributed by atoms with Crippen LogP contribution in [-0.4, -0.2) is 116 Å². The maximum Gasteiger partial charge on any atom is 0.315 e. The third-order valence-corrected chi connectivity index (χ3v) is 9.27. The van der Waals surface area contributed by atoms with Gasteiger partial charge in [-0.15, -0.1) is 0 Å². The fraction of sp³-hybridized carbons (Fsp3) is 0.567. The van der Waals surface area contributed by atoms with E-state index in [0.717, 1.165) is 0 Å². The van der Waals surface area contributed by atoms with Crippen molar-refractivity contribution in [3.05, 3.63) is 41.0 Å². The van der Waals surface area contributed by atoms with Crippen molar-refractivity contribution < 1.29 is 72.3 Å². The van der Waals surface area contributed by atoms with Crippen molar-refractivity contribution in [3.8, 4) is 28.7 Å². The number of nitrogens with one attached hydrogen (secondary N) is 1. The third-order valence-electron chi connectivity index (χ3n) is 9.27. The highest BCUT2D eigenvalue weighted by Crippen LogP contribution is 2.56. The average Bonchev–Trinajstić information content (AvgIpc) is 3.67. The van der Waals surface area contributed by atoms with Gasteiger partial charge in [-0.3, -0.25) is 4.79 Å². The van der Waals surface area contributed by atoms with Crippen LogP contribution in [0.2, 0.25) is 0 Å². The number of carbonyl (C=O) groups excluding carboxylic acids is 1. The van der Waals surface area contributed by atoms with E-state index in [9.17, 15) is 30.3 Å². The standard InChI is InChI=1S/C30H35F2NO13/c1-40-18-4-12(5-19(41-2)26(18)42-3)21-13-6-16-17(45-11-44-16)7-14(13)23(15-9-43-28(38)22(15)21)33-10-29(31,32)30(39)27(37)25(36)24(35)20(8-34)46-30/h4-7,15,20-25,27,33-37,39H,8-11H2,1-3H3/t15-,20+,21+,22-,23+,24+,25-,27+,30?/m0/s1. The minimum absolute atomic E-state index is 0.0827. The first-order valence-electron chi connectivity index (χ1n) is 14.5. The molecule has 0 aromatic heterocycles. The minimum atomic E-state index is -4.30. The van der Waals surface area contributed by atoms with Crippen LogP contribution in [0.5, 0.6) is 28.7 Å². The molecule has 0 spiro atoms. The van der Waals surface area contributed by atoms with Gasteiger partial charge in [0.15, 0.2) is 23.0 Å². The number of ether oxygens (including phenoxy) is 7. The second-order valence-electron chi connectivity index (χ2n) is 11.6. The van der Waals surface area contributed by atoms with Crippen molar-refractivity contribution in [3.63, 3.8) is 0 Å². The van der Waals surface area contributed by atoms with Gasteiger partial charge in [-0.2, -0.15) is 8.78 Å². The summed E-state index contributed by atoms with van der Waals surface area (Å²) in [6.45, 7) is -2.57. The molecule has 0 radical (unpaired) electrons. The van der Waals surface area contributed by atoms with E-state index in [-0.39, 0.29) is 13.4 Å². The van der Waals surface area contributed by atoms with Crippen molar-refractivity contribution in [2.75, 3.05) is 47.9 Å². The van der Waals surface area contributed by atoms with E-state index in [4.69, 9.17) is 33.2 Å². The molecule has 46 heavy (non-hydrogen) atoms. The number of hydrogen-bond donors (Lipinski definition) is 6.